The van der Waals surface area contributed by atoms with Crippen LogP contribution in [0.3, 0.4) is 0 Å². The number of ether oxygens (including phenoxy) is 3. The molecule has 1 rings (SSSR count). The van der Waals surface area contributed by atoms with Crippen LogP contribution in [-0.4, -0.2) is 43.0 Å². The van der Waals surface area contributed by atoms with Crippen molar-refractivity contribution in [1.82, 2.24) is 4.89 Å². The third-order valence-corrected chi connectivity index (χ3v) is 3.45. The highest BCUT2D eigenvalue weighted by Crippen LogP contribution is 2.27. The minimum Gasteiger partial charge on any atom is -0.497 e. The Labute approximate surface area is 112 Å². The van der Waals surface area contributed by atoms with E-state index in [9.17, 15) is 8.42 Å². The molecule has 0 aliphatic heterocycles. The van der Waals surface area contributed by atoms with E-state index in [1.165, 1.54) is 33.5 Å². The van der Waals surface area contributed by atoms with Gasteiger partial charge in [0, 0.05) is 13.2 Å². The van der Waals surface area contributed by atoms with E-state index in [-0.39, 0.29) is 23.9 Å². The number of hydrogen-bond donors (Lipinski definition) is 1. The second-order valence-corrected chi connectivity index (χ2v) is 5.06. The van der Waals surface area contributed by atoms with Crippen LogP contribution in [0.25, 0.3) is 0 Å². The second kappa shape index (κ2) is 7.29. The second-order valence-electron chi connectivity index (χ2n) is 3.44. The molecule has 1 N–H and O–H groups in total. The molecule has 19 heavy (non-hydrogen) atoms. The Morgan fingerprint density at radius 3 is 2.42 bits per heavy atom. The smallest absolute Gasteiger partial charge is 0.266 e. The lowest BCUT2D eigenvalue weighted by Crippen LogP contribution is -2.26. The van der Waals surface area contributed by atoms with Crippen molar-refractivity contribution < 1.29 is 27.5 Å². The summed E-state index contributed by atoms with van der Waals surface area (Å²) in [6, 6.07) is 4.45. The maximum Gasteiger partial charge on any atom is 0.266 e. The van der Waals surface area contributed by atoms with Crippen LogP contribution in [0.4, 0.5) is 0 Å². The molecule has 0 bridgehead atoms. The molecule has 0 unspecified atom stereocenters. The molecule has 0 aromatic heterocycles. The molecular formula is C11H17NO6S. The monoisotopic (exact) mass is 291 g/mol. The molecule has 1 aromatic rings. The molecule has 108 valence electrons. The molecule has 1 aromatic carbocycles. The van der Waals surface area contributed by atoms with Crippen LogP contribution in [0.5, 0.6) is 11.5 Å². The fourth-order valence-corrected chi connectivity index (χ4v) is 2.30. The van der Waals surface area contributed by atoms with Crippen LogP contribution in [0.15, 0.2) is 23.1 Å². The molecule has 0 fully saturated rings. The first kappa shape index (κ1) is 15.7. The standard InChI is InChI=1S/C11H17NO6S/c1-15-6-7-18-12-19(13,14)11-8-9(16-2)4-5-10(11)17-3/h4-5,8,12H,6-7H2,1-3H3. The maximum atomic E-state index is 12.0. The molecule has 0 aliphatic rings. The molecule has 0 heterocycles. The maximum absolute atomic E-state index is 12.0. The van der Waals surface area contributed by atoms with Crippen molar-refractivity contribution in [3.05, 3.63) is 18.2 Å². The zero-order valence-electron chi connectivity index (χ0n) is 11.0. The lowest BCUT2D eigenvalue weighted by atomic mass is 10.3. The van der Waals surface area contributed by atoms with Gasteiger partial charge < -0.3 is 14.2 Å². The van der Waals surface area contributed by atoms with Crippen LogP contribution >= 0.6 is 0 Å². The SMILES string of the molecule is COCCONS(=O)(=O)c1cc(OC)ccc1OC. The average Bonchev–Trinajstić information content (AvgIpc) is 2.43. The summed E-state index contributed by atoms with van der Waals surface area (Å²) in [6.45, 7) is 0.375. The molecule has 0 saturated heterocycles. The Hall–Kier alpha value is -1.35. The Balaban J connectivity index is 2.92. The third-order valence-electron chi connectivity index (χ3n) is 2.22. The minimum atomic E-state index is -3.85. The van der Waals surface area contributed by atoms with Gasteiger partial charge in [-0.1, -0.05) is 4.89 Å². The van der Waals surface area contributed by atoms with Gasteiger partial charge in [0.1, 0.15) is 16.4 Å². The van der Waals surface area contributed by atoms with E-state index < -0.39 is 10.0 Å². The Bertz CT molecular complexity index is 502. The Morgan fingerprint density at radius 1 is 1.11 bits per heavy atom. The van der Waals surface area contributed by atoms with Crippen molar-refractivity contribution in [2.45, 2.75) is 4.90 Å². The number of hydrogen-bond acceptors (Lipinski definition) is 6. The van der Waals surface area contributed by atoms with E-state index in [2.05, 4.69) is 0 Å². The molecule has 0 aliphatic carbocycles. The van der Waals surface area contributed by atoms with Gasteiger partial charge in [-0.05, 0) is 12.1 Å². The van der Waals surface area contributed by atoms with Crippen molar-refractivity contribution in [1.29, 1.82) is 0 Å². The molecule has 0 atom stereocenters. The van der Waals surface area contributed by atoms with Crippen LogP contribution in [0.2, 0.25) is 0 Å². The summed E-state index contributed by atoms with van der Waals surface area (Å²) in [5.74, 6) is 0.599. The first-order valence-electron chi connectivity index (χ1n) is 5.39. The fourth-order valence-electron chi connectivity index (χ4n) is 1.28. The van der Waals surface area contributed by atoms with Crippen LogP contribution in [0.1, 0.15) is 0 Å². The number of benzene rings is 1. The van der Waals surface area contributed by atoms with E-state index in [0.717, 1.165) is 0 Å². The third kappa shape index (κ3) is 4.35. The largest absolute Gasteiger partial charge is 0.497 e. The average molecular weight is 291 g/mol. The Morgan fingerprint density at radius 2 is 1.84 bits per heavy atom. The van der Waals surface area contributed by atoms with Gasteiger partial charge in [0.25, 0.3) is 10.0 Å². The van der Waals surface area contributed by atoms with Crippen molar-refractivity contribution in [2.24, 2.45) is 0 Å². The number of rotatable bonds is 8. The normalized spacial score (nSPS) is 11.3. The summed E-state index contributed by atoms with van der Waals surface area (Å²) in [6.07, 6.45) is 0. The van der Waals surface area contributed by atoms with Crippen molar-refractivity contribution in [3.63, 3.8) is 0 Å². The highest BCUT2D eigenvalue weighted by atomic mass is 32.2. The van der Waals surface area contributed by atoms with Crippen LogP contribution < -0.4 is 14.4 Å². The molecule has 7 nitrogen and oxygen atoms in total. The van der Waals surface area contributed by atoms with Gasteiger partial charge in [0.2, 0.25) is 0 Å². The number of nitrogens with one attached hydrogen (secondary N) is 1. The van der Waals surface area contributed by atoms with Crippen molar-refractivity contribution in [2.75, 3.05) is 34.5 Å². The lowest BCUT2D eigenvalue weighted by molar-refractivity contribution is 0.0438. The van der Waals surface area contributed by atoms with E-state index >= 15 is 0 Å². The van der Waals surface area contributed by atoms with Gasteiger partial charge >= 0.3 is 0 Å². The summed E-state index contributed by atoms with van der Waals surface area (Å²) >= 11 is 0. The molecule has 8 heteroatoms. The van der Waals surface area contributed by atoms with Crippen LogP contribution in [-0.2, 0) is 19.6 Å². The summed E-state index contributed by atoms with van der Waals surface area (Å²) in [5, 5.41) is 0. The number of methoxy groups -OCH3 is 3. The van der Waals surface area contributed by atoms with Crippen molar-refractivity contribution in [3.8, 4) is 11.5 Å². The van der Waals surface area contributed by atoms with E-state index in [0.29, 0.717) is 5.75 Å². The van der Waals surface area contributed by atoms with Crippen molar-refractivity contribution >= 4 is 10.0 Å². The lowest BCUT2D eigenvalue weighted by Gasteiger charge is -2.11. The first-order chi connectivity index (χ1) is 9.05. The van der Waals surface area contributed by atoms with Gasteiger partial charge in [-0.15, -0.1) is 0 Å². The first-order valence-corrected chi connectivity index (χ1v) is 6.88. The highest BCUT2D eigenvalue weighted by molar-refractivity contribution is 7.89. The van der Waals surface area contributed by atoms with Gasteiger partial charge in [0.15, 0.2) is 0 Å². The highest BCUT2D eigenvalue weighted by Gasteiger charge is 2.20. The van der Waals surface area contributed by atoms with Gasteiger partial charge in [0.05, 0.1) is 27.4 Å². The molecule has 0 saturated carbocycles. The fraction of sp³-hybridized carbons (Fsp3) is 0.455. The van der Waals surface area contributed by atoms with E-state index in [1.807, 2.05) is 4.89 Å². The molecule has 0 radical (unpaired) electrons. The summed E-state index contributed by atoms with van der Waals surface area (Å²) < 4.78 is 38.8. The zero-order valence-corrected chi connectivity index (χ0v) is 11.8. The number of sulfonamides is 1. The van der Waals surface area contributed by atoms with E-state index in [4.69, 9.17) is 19.0 Å². The molecule has 0 amide bonds. The Kier molecular flexibility index (Phi) is 6.03. The predicted octanol–water partition coefficient (Wildman–Crippen LogP) is 0.560. The van der Waals surface area contributed by atoms with Gasteiger partial charge in [-0.25, -0.2) is 8.42 Å². The zero-order chi connectivity index (χ0) is 14.3. The van der Waals surface area contributed by atoms with Crippen LogP contribution in [0, 0.1) is 0 Å². The summed E-state index contributed by atoms with van der Waals surface area (Å²) in [5.41, 5.74) is 0. The molecular weight excluding hydrogens is 274 g/mol. The van der Waals surface area contributed by atoms with Gasteiger partial charge in [-0.3, -0.25) is 4.84 Å². The van der Waals surface area contributed by atoms with Gasteiger partial charge in [-0.2, -0.15) is 0 Å². The quantitative estimate of drug-likeness (QED) is 0.556. The summed E-state index contributed by atoms with van der Waals surface area (Å²) in [7, 11) is 0.467. The minimum absolute atomic E-state index is 0.0632. The predicted molar refractivity (Wildman–Crippen MR) is 67.7 cm³/mol. The summed E-state index contributed by atoms with van der Waals surface area (Å²) in [4.78, 5) is 6.74. The van der Waals surface area contributed by atoms with E-state index in [1.54, 1.807) is 6.07 Å². The topological polar surface area (TPSA) is 83.1 Å². The molecule has 0 spiro atoms.